The van der Waals surface area contributed by atoms with Crippen molar-refractivity contribution >= 4 is 28.6 Å². The molecule has 1 aliphatic heterocycles. The molecule has 0 amide bonds. The molecule has 1 aliphatic rings. The van der Waals surface area contributed by atoms with Gasteiger partial charge < -0.3 is 9.64 Å². The normalized spacial score (nSPS) is 14.3. The van der Waals surface area contributed by atoms with E-state index in [1.807, 2.05) is 16.7 Å². The molecule has 0 radical (unpaired) electrons. The number of ether oxygens (including phenoxy) is 1. The van der Waals surface area contributed by atoms with Crippen LogP contribution in [0.1, 0.15) is 5.56 Å². The summed E-state index contributed by atoms with van der Waals surface area (Å²) in [5.74, 6) is 0.438. The van der Waals surface area contributed by atoms with Crippen LogP contribution in [0.25, 0.3) is 16.6 Å². The second-order valence-electron chi connectivity index (χ2n) is 7.13. The smallest absolute Gasteiger partial charge is 0.232 e. The van der Waals surface area contributed by atoms with Crippen molar-refractivity contribution in [1.82, 2.24) is 19.7 Å². The summed E-state index contributed by atoms with van der Waals surface area (Å²) in [6, 6.07) is 12.9. The highest BCUT2D eigenvalue weighted by molar-refractivity contribution is 7.98. The van der Waals surface area contributed by atoms with Crippen LogP contribution < -0.4 is 4.90 Å². The molecule has 31 heavy (non-hydrogen) atoms. The molecule has 0 bridgehead atoms. The number of morpholine rings is 1. The molecule has 6 nitrogen and oxygen atoms in total. The van der Waals surface area contributed by atoms with Crippen LogP contribution in [0.2, 0.25) is 0 Å². The molecule has 0 atom stereocenters. The molecule has 9 heteroatoms. The van der Waals surface area contributed by atoms with Crippen molar-refractivity contribution in [3.8, 4) is 5.69 Å². The predicted octanol–water partition coefficient (Wildman–Crippen LogP) is 4.22. The molecular formula is C22H19F2N5OS. The van der Waals surface area contributed by atoms with Gasteiger partial charge in [-0.05, 0) is 42.0 Å². The van der Waals surface area contributed by atoms with Crippen molar-refractivity contribution in [2.24, 2.45) is 0 Å². The lowest BCUT2D eigenvalue weighted by molar-refractivity contribution is 0.122. The van der Waals surface area contributed by atoms with Gasteiger partial charge in [0.1, 0.15) is 11.6 Å². The fourth-order valence-corrected chi connectivity index (χ4v) is 4.56. The minimum atomic E-state index is -0.338. The highest BCUT2D eigenvalue weighted by atomic mass is 32.2. The van der Waals surface area contributed by atoms with Gasteiger partial charge in [0.25, 0.3) is 0 Å². The van der Waals surface area contributed by atoms with Gasteiger partial charge in [-0.3, -0.25) is 9.55 Å². The summed E-state index contributed by atoms with van der Waals surface area (Å²) in [4.78, 5) is 6.48. The number of aromatic nitrogens is 4. The fourth-order valence-electron chi connectivity index (χ4n) is 3.64. The molecule has 2 aromatic heterocycles. The Morgan fingerprint density at radius 3 is 2.68 bits per heavy atom. The van der Waals surface area contributed by atoms with Crippen LogP contribution >= 0.6 is 11.8 Å². The lowest BCUT2D eigenvalue weighted by atomic mass is 10.1. The Hall–Kier alpha value is -3.04. The van der Waals surface area contributed by atoms with Gasteiger partial charge in [0.15, 0.2) is 5.16 Å². The minimum Gasteiger partial charge on any atom is -0.378 e. The van der Waals surface area contributed by atoms with Crippen LogP contribution in [0.4, 0.5) is 14.7 Å². The number of hydrogen-bond acceptors (Lipinski definition) is 6. The zero-order valence-corrected chi connectivity index (χ0v) is 17.4. The Morgan fingerprint density at radius 1 is 0.968 bits per heavy atom. The number of anilines is 1. The molecule has 4 aromatic rings. The van der Waals surface area contributed by atoms with Gasteiger partial charge in [0.05, 0.1) is 24.4 Å². The molecule has 0 saturated carbocycles. The van der Waals surface area contributed by atoms with E-state index in [4.69, 9.17) is 4.74 Å². The second-order valence-corrected chi connectivity index (χ2v) is 8.07. The lowest BCUT2D eigenvalue weighted by Crippen LogP contribution is -2.37. The van der Waals surface area contributed by atoms with Crippen LogP contribution in [0.3, 0.4) is 0 Å². The summed E-state index contributed by atoms with van der Waals surface area (Å²) < 4.78 is 35.4. The molecular weight excluding hydrogens is 420 g/mol. The molecule has 0 unspecified atom stereocenters. The Kier molecular flexibility index (Phi) is 5.52. The van der Waals surface area contributed by atoms with Crippen LogP contribution in [0.5, 0.6) is 0 Å². The van der Waals surface area contributed by atoms with Gasteiger partial charge in [-0.1, -0.05) is 23.9 Å². The highest BCUT2D eigenvalue weighted by Gasteiger charge is 2.22. The van der Waals surface area contributed by atoms with Crippen LogP contribution in [0, 0.1) is 11.6 Å². The van der Waals surface area contributed by atoms with Crippen molar-refractivity contribution in [2.45, 2.75) is 10.9 Å². The fraction of sp³-hybridized carbons (Fsp3) is 0.227. The molecule has 0 spiro atoms. The number of thioether (sulfide) groups is 1. The van der Waals surface area contributed by atoms with Gasteiger partial charge in [0.2, 0.25) is 5.95 Å². The van der Waals surface area contributed by atoms with E-state index >= 15 is 0 Å². The molecule has 5 rings (SSSR count). The van der Waals surface area contributed by atoms with E-state index in [1.165, 1.54) is 36.0 Å². The van der Waals surface area contributed by atoms with Gasteiger partial charge in [0, 0.05) is 30.4 Å². The van der Waals surface area contributed by atoms with Crippen molar-refractivity contribution < 1.29 is 13.5 Å². The molecule has 158 valence electrons. The van der Waals surface area contributed by atoms with Crippen molar-refractivity contribution in [3.63, 3.8) is 0 Å². The quantitative estimate of drug-likeness (QED) is 0.434. The average Bonchev–Trinajstić information content (AvgIpc) is 3.22. The first kappa shape index (κ1) is 19.9. The zero-order valence-electron chi connectivity index (χ0n) is 16.5. The Bertz CT molecular complexity index is 1230. The second kappa shape index (κ2) is 8.60. The molecule has 2 aromatic carbocycles. The van der Waals surface area contributed by atoms with Crippen molar-refractivity contribution in [3.05, 3.63) is 71.9 Å². The number of hydrogen-bond donors (Lipinski definition) is 0. The molecule has 1 fully saturated rings. The SMILES string of the molecule is Fc1cccc(-n2c(SCc3cc(F)cc4cccnc34)nnc2N2CCOCC2)c1. The van der Waals surface area contributed by atoms with E-state index in [9.17, 15) is 8.78 Å². The third-order valence-corrected chi connectivity index (χ3v) is 6.06. The zero-order chi connectivity index (χ0) is 21.2. The predicted molar refractivity (Wildman–Crippen MR) is 116 cm³/mol. The van der Waals surface area contributed by atoms with E-state index in [2.05, 4.69) is 20.1 Å². The molecule has 1 saturated heterocycles. The van der Waals surface area contributed by atoms with Gasteiger partial charge in [-0.25, -0.2) is 8.78 Å². The minimum absolute atomic E-state index is 0.309. The summed E-state index contributed by atoms with van der Waals surface area (Å²) in [6.45, 7) is 2.55. The molecule has 0 aliphatic carbocycles. The number of benzene rings is 2. The topological polar surface area (TPSA) is 56.1 Å². The summed E-state index contributed by atoms with van der Waals surface area (Å²) >= 11 is 1.41. The monoisotopic (exact) mass is 439 g/mol. The first-order valence-electron chi connectivity index (χ1n) is 9.89. The Labute approximate surface area is 181 Å². The Balaban J connectivity index is 1.52. The van der Waals surface area contributed by atoms with Gasteiger partial charge >= 0.3 is 0 Å². The number of fused-ring (bicyclic) bond motifs is 1. The number of rotatable bonds is 5. The van der Waals surface area contributed by atoms with E-state index in [0.29, 0.717) is 48.8 Å². The standard InChI is InChI=1S/C22H19F2N5OS/c23-17-4-1-5-19(13-17)29-21(28-7-9-30-10-8-28)26-27-22(29)31-14-16-12-18(24)11-15-3-2-6-25-20(15)16/h1-6,11-13H,7-10,14H2. The molecule has 0 N–H and O–H groups in total. The first-order valence-corrected chi connectivity index (χ1v) is 10.9. The summed E-state index contributed by atoms with van der Waals surface area (Å²) in [6.07, 6.45) is 1.69. The van der Waals surface area contributed by atoms with Crippen molar-refractivity contribution in [2.75, 3.05) is 31.2 Å². The average molecular weight is 439 g/mol. The molecule has 3 heterocycles. The highest BCUT2D eigenvalue weighted by Crippen LogP contribution is 2.31. The van der Waals surface area contributed by atoms with Crippen LogP contribution in [0.15, 0.2) is 59.9 Å². The summed E-state index contributed by atoms with van der Waals surface area (Å²) in [5.41, 5.74) is 2.15. The first-order chi connectivity index (χ1) is 15.2. The van der Waals surface area contributed by atoms with E-state index in [1.54, 1.807) is 18.3 Å². The third-order valence-electron chi connectivity index (χ3n) is 5.08. The summed E-state index contributed by atoms with van der Waals surface area (Å²) in [7, 11) is 0. The maximum Gasteiger partial charge on any atom is 0.232 e. The van der Waals surface area contributed by atoms with Gasteiger partial charge in [-0.2, -0.15) is 0 Å². The van der Waals surface area contributed by atoms with E-state index < -0.39 is 0 Å². The lowest BCUT2D eigenvalue weighted by Gasteiger charge is -2.27. The van der Waals surface area contributed by atoms with Crippen LogP contribution in [-0.4, -0.2) is 46.1 Å². The van der Waals surface area contributed by atoms with E-state index in [-0.39, 0.29) is 11.6 Å². The van der Waals surface area contributed by atoms with Crippen LogP contribution in [-0.2, 0) is 10.5 Å². The number of pyridine rings is 1. The maximum atomic E-state index is 14.1. The van der Waals surface area contributed by atoms with E-state index in [0.717, 1.165) is 16.5 Å². The number of nitrogens with zero attached hydrogens (tertiary/aromatic N) is 5. The Morgan fingerprint density at radius 2 is 1.84 bits per heavy atom. The largest absolute Gasteiger partial charge is 0.378 e. The van der Waals surface area contributed by atoms with Gasteiger partial charge in [-0.15, -0.1) is 10.2 Å². The third kappa shape index (κ3) is 4.11. The maximum absolute atomic E-state index is 14.1. The van der Waals surface area contributed by atoms with Crippen molar-refractivity contribution in [1.29, 1.82) is 0 Å². The number of halogens is 2. The summed E-state index contributed by atoms with van der Waals surface area (Å²) in [5, 5.41) is 10.1.